The van der Waals surface area contributed by atoms with Crippen LogP contribution in [-0.4, -0.2) is 16.1 Å². The van der Waals surface area contributed by atoms with Gasteiger partial charge in [-0.15, -0.1) is 0 Å². The van der Waals surface area contributed by atoms with Crippen molar-refractivity contribution in [3.8, 4) is 5.69 Å². The van der Waals surface area contributed by atoms with E-state index in [0.29, 0.717) is 10.8 Å². The maximum absolute atomic E-state index is 12.4. The summed E-state index contributed by atoms with van der Waals surface area (Å²) >= 11 is 3.19. The number of halogens is 4. The van der Waals surface area contributed by atoms with Gasteiger partial charge in [-0.1, -0.05) is 15.9 Å². The smallest absolute Gasteiger partial charge is 0.298 e. The summed E-state index contributed by atoms with van der Waals surface area (Å²) in [4.78, 5) is 10.8. The zero-order chi connectivity index (χ0) is 13.3. The standard InChI is InChI=1S/C11H6BrF3N2O/c12-9-2-1-7(6-18)10(3-9)17-5-8(4-16-17)11(13,14)15/h1-6H. The van der Waals surface area contributed by atoms with Crippen LogP contribution < -0.4 is 0 Å². The van der Waals surface area contributed by atoms with Crippen LogP contribution in [0.5, 0.6) is 0 Å². The molecule has 0 atom stereocenters. The Morgan fingerprint density at radius 3 is 2.61 bits per heavy atom. The Morgan fingerprint density at radius 1 is 1.33 bits per heavy atom. The summed E-state index contributed by atoms with van der Waals surface area (Å²) in [6.07, 6.45) is -2.33. The SMILES string of the molecule is O=Cc1ccc(Br)cc1-n1cc(C(F)(F)F)cn1. The van der Waals surface area contributed by atoms with Gasteiger partial charge in [0, 0.05) is 16.2 Å². The van der Waals surface area contributed by atoms with Gasteiger partial charge in [-0.3, -0.25) is 4.79 Å². The first kappa shape index (κ1) is 12.8. The number of carbonyl (C=O) groups excluding carboxylic acids is 1. The highest BCUT2D eigenvalue weighted by Gasteiger charge is 2.32. The molecular formula is C11H6BrF3N2O. The van der Waals surface area contributed by atoms with Gasteiger partial charge in [-0.25, -0.2) is 4.68 Å². The number of benzene rings is 1. The Hall–Kier alpha value is -1.63. The average Bonchev–Trinajstić information content (AvgIpc) is 2.77. The van der Waals surface area contributed by atoms with E-state index >= 15 is 0 Å². The molecule has 0 saturated heterocycles. The zero-order valence-corrected chi connectivity index (χ0v) is 10.4. The second-order valence-corrected chi connectivity index (χ2v) is 4.41. The molecule has 2 rings (SSSR count). The van der Waals surface area contributed by atoms with Crippen LogP contribution in [0.3, 0.4) is 0 Å². The van der Waals surface area contributed by atoms with Gasteiger partial charge < -0.3 is 0 Å². The predicted molar refractivity (Wildman–Crippen MR) is 61.7 cm³/mol. The third-order valence-electron chi connectivity index (χ3n) is 2.28. The number of aromatic nitrogens is 2. The van der Waals surface area contributed by atoms with Gasteiger partial charge in [0.2, 0.25) is 0 Å². The molecule has 2 aromatic rings. The van der Waals surface area contributed by atoms with E-state index in [2.05, 4.69) is 21.0 Å². The molecular weight excluding hydrogens is 313 g/mol. The largest absolute Gasteiger partial charge is 0.419 e. The van der Waals surface area contributed by atoms with Crippen molar-refractivity contribution in [3.05, 3.63) is 46.2 Å². The number of rotatable bonds is 2. The van der Waals surface area contributed by atoms with Crippen LogP contribution in [0.15, 0.2) is 35.1 Å². The van der Waals surface area contributed by atoms with Crippen molar-refractivity contribution in [3.63, 3.8) is 0 Å². The fraction of sp³-hybridized carbons (Fsp3) is 0.0909. The molecule has 0 aliphatic rings. The van der Waals surface area contributed by atoms with Gasteiger partial charge in [0.05, 0.1) is 17.4 Å². The molecule has 0 amide bonds. The van der Waals surface area contributed by atoms with Crippen molar-refractivity contribution in [2.45, 2.75) is 6.18 Å². The number of nitrogens with zero attached hydrogens (tertiary/aromatic N) is 2. The fourth-order valence-electron chi connectivity index (χ4n) is 1.42. The molecule has 0 fully saturated rings. The summed E-state index contributed by atoms with van der Waals surface area (Å²) in [7, 11) is 0. The third-order valence-corrected chi connectivity index (χ3v) is 2.77. The quantitative estimate of drug-likeness (QED) is 0.795. The van der Waals surface area contributed by atoms with Crippen LogP contribution in [-0.2, 0) is 6.18 Å². The Kier molecular flexibility index (Phi) is 3.25. The summed E-state index contributed by atoms with van der Waals surface area (Å²) < 4.78 is 39.0. The lowest BCUT2D eigenvalue weighted by atomic mass is 10.2. The van der Waals surface area contributed by atoms with E-state index in [9.17, 15) is 18.0 Å². The fourth-order valence-corrected chi connectivity index (χ4v) is 1.76. The lowest BCUT2D eigenvalue weighted by molar-refractivity contribution is -0.137. The molecule has 0 N–H and O–H groups in total. The van der Waals surface area contributed by atoms with Crippen molar-refractivity contribution in [1.29, 1.82) is 0 Å². The van der Waals surface area contributed by atoms with Crippen molar-refractivity contribution in [1.82, 2.24) is 9.78 Å². The molecule has 7 heteroatoms. The van der Waals surface area contributed by atoms with E-state index in [4.69, 9.17) is 0 Å². The second kappa shape index (κ2) is 4.56. The predicted octanol–water partition coefficient (Wildman–Crippen LogP) is 3.47. The molecule has 94 valence electrons. The normalized spacial score (nSPS) is 11.6. The van der Waals surface area contributed by atoms with Crippen LogP contribution in [0, 0.1) is 0 Å². The second-order valence-electron chi connectivity index (χ2n) is 3.49. The van der Waals surface area contributed by atoms with Gasteiger partial charge in [-0.05, 0) is 18.2 Å². The number of hydrogen-bond acceptors (Lipinski definition) is 2. The first-order chi connectivity index (χ1) is 8.41. The van der Waals surface area contributed by atoms with Gasteiger partial charge in [0.15, 0.2) is 6.29 Å². The van der Waals surface area contributed by atoms with E-state index in [1.165, 1.54) is 12.1 Å². The zero-order valence-electron chi connectivity index (χ0n) is 8.78. The van der Waals surface area contributed by atoms with Crippen molar-refractivity contribution in [2.24, 2.45) is 0 Å². The van der Waals surface area contributed by atoms with Crippen LogP contribution in [0.1, 0.15) is 15.9 Å². The lowest BCUT2D eigenvalue weighted by Crippen LogP contribution is -2.03. The molecule has 3 nitrogen and oxygen atoms in total. The van der Waals surface area contributed by atoms with Gasteiger partial charge in [0.25, 0.3) is 0 Å². The molecule has 0 spiro atoms. The molecule has 0 unspecified atom stereocenters. The molecule has 1 aromatic heterocycles. The summed E-state index contributed by atoms with van der Waals surface area (Å²) in [5, 5.41) is 3.62. The maximum atomic E-state index is 12.4. The molecule has 18 heavy (non-hydrogen) atoms. The average molecular weight is 319 g/mol. The summed E-state index contributed by atoms with van der Waals surface area (Å²) in [6.45, 7) is 0. The number of alkyl halides is 3. The highest BCUT2D eigenvalue weighted by Crippen LogP contribution is 2.29. The highest BCUT2D eigenvalue weighted by molar-refractivity contribution is 9.10. The van der Waals surface area contributed by atoms with Gasteiger partial charge in [0.1, 0.15) is 0 Å². The van der Waals surface area contributed by atoms with Crippen molar-refractivity contribution < 1.29 is 18.0 Å². The molecule has 1 heterocycles. The monoisotopic (exact) mass is 318 g/mol. The van der Waals surface area contributed by atoms with E-state index in [1.807, 2.05) is 0 Å². The van der Waals surface area contributed by atoms with Crippen LogP contribution >= 0.6 is 15.9 Å². The molecule has 0 radical (unpaired) electrons. The minimum absolute atomic E-state index is 0.259. The highest BCUT2D eigenvalue weighted by atomic mass is 79.9. The Labute approximate surface area is 108 Å². The third kappa shape index (κ3) is 2.45. The molecule has 1 aromatic carbocycles. The Morgan fingerprint density at radius 2 is 2.06 bits per heavy atom. The van der Waals surface area contributed by atoms with E-state index in [1.54, 1.807) is 6.07 Å². The molecule has 0 aliphatic heterocycles. The number of carbonyl (C=O) groups is 1. The topological polar surface area (TPSA) is 34.9 Å². The Bertz CT molecular complexity index is 592. The molecule has 0 saturated carbocycles. The van der Waals surface area contributed by atoms with E-state index in [0.717, 1.165) is 17.1 Å². The first-order valence-electron chi connectivity index (χ1n) is 4.79. The molecule has 0 bridgehead atoms. The van der Waals surface area contributed by atoms with Crippen LogP contribution in [0.25, 0.3) is 5.69 Å². The van der Waals surface area contributed by atoms with Crippen LogP contribution in [0.4, 0.5) is 13.2 Å². The van der Waals surface area contributed by atoms with E-state index < -0.39 is 11.7 Å². The van der Waals surface area contributed by atoms with Crippen molar-refractivity contribution in [2.75, 3.05) is 0 Å². The van der Waals surface area contributed by atoms with Gasteiger partial charge in [-0.2, -0.15) is 18.3 Å². The summed E-state index contributed by atoms with van der Waals surface area (Å²) in [5.74, 6) is 0. The Balaban J connectivity index is 2.52. The number of hydrogen-bond donors (Lipinski definition) is 0. The van der Waals surface area contributed by atoms with E-state index in [-0.39, 0.29) is 11.3 Å². The minimum atomic E-state index is -4.45. The van der Waals surface area contributed by atoms with Crippen molar-refractivity contribution >= 4 is 22.2 Å². The van der Waals surface area contributed by atoms with Crippen LogP contribution in [0.2, 0.25) is 0 Å². The molecule has 0 aliphatic carbocycles. The maximum Gasteiger partial charge on any atom is 0.419 e. The summed E-state index contributed by atoms with van der Waals surface area (Å²) in [5.41, 5.74) is -0.316. The first-order valence-corrected chi connectivity index (χ1v) is 5.58. The number of aldehydes is 1. The summed E-state index contributed by atoms with van der Waals surface area (Å²) in [6, 6.07) is 4.65. The minimum Gasteiger partial charge on any atom is -0.298 e. The van der Waals surface area contributed by atoms with Gasteiger partial charge >= 0.3 is 6.18 Å². The lowest BCUT2D eigenvalue weighted by Gasteiger charge is -2.05.